The number of aromatic nitrogens is 1. The first kappa shape index (κ1) is 16.7. The van der Waals surface area contributed by atoms with Gasteiger partial charge >= 0.3 is 0 Å². The summed E-state index contributed by atoms with van der Waals surface area (Å²) in [5.74, 6) is 0.349. The van der Waals surface area contributed by atoms with Crippen LogP contribution in [0, 0.1) is 0 Å². The van der Waals surface area contributed by atoms with Crippen molar-refractivity contribution in [3.63, 3.8) is 0 Å². The standard InChI is InChI=1S/C17H21N3O3S/c1-11(2)13-10-24-16(19-13)15(21)18-12-5-3-7-20(9-12)17(22)14-6-4-8-23-14/h4,6,8,10-12H,3,5,7,9H2,1-2H3,(H,18,21). The Labute approximate surface area is 144 Å². The minimum Gasteiger partial charge on any atom is -0.459 e. The van der Waals surface area contributed by atoms with E-state index in [1.165, 1.54) is 17.6 Å². The summed E-state index contributed by atoms with van der Waals surface area (Å²) in [5.41, 5.74) is 0.934. The number of hydrogen-bond donors (Lipinski definition) is 1. The van der Waals surface area contributed by atoms with Gasteiger partial charge in [-0.25, -0.2) is 4.98 Å². The van der Waals surface area contributed by atoms with Crippen LogP contribution in [0.5, 0.6) is 0 Å². The number of carbonyl (C=O) groups excluding carboxylic acids is 2. The van der Waals surface area contributed by atoms with Gasteiger partial charge in [-0.2, -0.15) is 0 Å². The number of likely N-dealkylation sites (tertiary alicyclic amines) is 1. The predicted molar refractivity (Wildman–Crippen MR) is 91.3 cm³/mol. The number of nitrogens with zero attached hydrogens (tertiary/aromatic N) is 2. The summed E-state index contributed by atoms with van der Waals surface area (Å²) in [6.45, 7) is 5.28. The number of furan rings is 1. The van der Waals surface area contributed by atoms with E-state index in [9.17, 15) is 9.59 Å². The Morgan fingerprint density at radius 2 is 2.29 bits per heavy atom. The molecule has 0 saturated carbocycles. The van der Waals surface area contributed by atoms with E-state index in [1.807, 2.05) is 5.38 Å². The van der Waals surface area contributed by atoms with Crippen molar-refractivity contribution in [2.45, 2.75) is 38.6 Å². The van der Waals surface area contributed by atoms with Crippen LogP contribution in [-0.2, 0) is 0 Å². The maximum atomic E-state index is 12.4. The highest BCUT2D eigenvalue weighted by molar-refractivity contribution is 7.11. The molecule has 1 fully saturated rings. The van der Waals surface area contributed by atoms with Gasteiger partial charge in [0.05, 0.1) is 12.0 Å². The van der Waals surface area contributed by atoms with Crippen molar-refractivity contribution in [1.29, 1.82) is 0 Å². The first-order valence-electron chi connectivity index (χ1n) is 8.13. The van der Waals surface area contributed by atoms with Gasteiger partial charge < -0.3 is 14.6 Å². The number of nitrogens with one attached hydrogen (secondary N) is 1. The van der Waals surface area contributed by atoms with E-state index >= 15 is 0 Å². The lowest BCUT2D eigenvalue weighted by atomic mass is 10.1. The minimum atomic E-state index is -0.163. The van der Waals surface area contributed by atoms with Crippen molar-refractivity contribution in [2.75, 3.05) is 13.1 Å². The fourth-order valence-corrected chi connectivity index (χ4v) is 3.62. The molecule has 2 amide bonds. The molecule has 3 rings (SSSR count). The van der Waals surface area contributed by atoms with Gasteiger partial charge in [0, 0.05) is 24.5 Å². The van der Waals surface area contributed by atoms with E-state index in [0.29, 0.717) is 29.8 Å². The molecule has 1 atom stereocenters. The first-order valence-corrected chi connectivity index (χ1v) is 9.01. The van der Waals surface area contributed by atoms with Gasteiger partial charge in [0.15, 0.2) is 10.8 Å². The molecule has 6 nitrogen and oxygen atoms in total. The average Bonchev–Trinajstić information content (AvgIpc) is 3.26. The lowest BCUT2D eigenvalue weighted by Crippen LogP contribution is -2.49. The highest BCUT2D eigenvalue weighted by Gasteiger charge is 2.27. The molecule has 7 heteroatoms. The molecular formula is C17H21N3O3S. The summed E-state index contributed by atoms with van der Waals surface area (Å²) in [6.07, 6.45) is 3.20. The van der Waals surface area contributed by atoms with Gasteiger partial charge in [-0.05, 0) is 30.9 Å². The zero-order valence-electron chi connectivity index (χ0n) is 13.8. The van der Waals surface area contributed by atoms with Crippen LogP contribution < -0.4 is 5.32 Å². The molecule has 24 heavy (non-hydrogen) atoms. The van der Waals surface area contributed by atoms with E-state index in [1.54, 1.807) is 17.0 Å². The van der Waals surface area contributed by atoms with Gasteiger partial charge in [0.25, 0.3) is 11.8 Å². The summed E-state index contributed by atoms with van der Waals surface area (Å²) in [6, 6.07) is 3.30. The molecule has 1 aliphatic heterocycles. The summed E-state index contributed by atoms with van der Waals surface area (Å²) < 4.78 is 5.17. The summed E-state index contributed by atoms with van der Waals surface area (Å²) in [7, 11) is 0. The third-order valence-corrected chi connectivity index (χ3v) is 4.94. The van der Waals surface area contributed by atoms with Crippen molar-refractivity contribution in [1.82, 2.24) is 15.2 Å². The van der Waals surface area contributed by atoms with Crippen LogP contribution in [0.2, 0.25) is 0 Å². The fourth-order valence-electron chi connectivity index (χ4n) is 2.74. The number of amides is 2. The molecule has 0 aromatic carbocycles. The fraction of sp³-hybridized carbons (Fsp3) is 0.471. The van der Waals surface area contributed by atoms with Gasteiger partial charge in [0.2, 0.25) is 0 Å². The molecule has 1 unspecified atom stereocenters. The van der Waals surface area contributed by atoms with Gasteiger partial charge in [0.1, 0.15) is 0 Å². The highest BCUT2D eigenvalue weighted by Crippen LogP contribution is 2.19. The van der Waals surface area contributed by atoms with Crippen molar-refractivity contribution >= 4 is 23.2 Å². The summed E-state index contributed by atoms with van der Waals surface area (Å²) >= 11 is 1.36. The molecule has 1 saturated heterocycles. The second-order valence-corrected chi connectivity index (χ2v) is 7.13. The zero-order valence-corrected chi connectivity index (χ0v) is 14.6. The molecule has 0 bridgehead atoms. The van der Waals surface area contributed by atoms with Crippen LogP contribution in [0.1, 0.15) is 58.7 Å². The monoisotopic (exact) mass is 347 g/mol. The topological polar surface area (TPSA) is 75.4 Å². The van der Waals surface area contributed by atoms with Gasteiger partial charge in [-0.15, -0.1) is 11.3 Å². The molecule has 0 spiro atoms. The largest absolute Gasteiger partial charge is 0.459 e. The Hall–Kier alpha value is -2.15. The average molecular weight is 347 g/mol. The van der Waals surface area contributed by atoms with E-state index in [2.05, 4.69) is 24.1 Å². The highest BCUT2D eigenvalue weighted by atomic mass is 32.1. The number of rotatable bonds is 4. The van der Waals surface area contributed by atoms with Crippen LogP contribution >= 0.6 is 11.3 Å². The second kappa shape index (κ2) is 7.17. The molecule has 1 N–H and O–H groups in total. The summed E-state index contributed by atoms with van der Waals surface area (Å²) in [5, 5.41) is 5.41. The van der Waals surface area contributed by atoms with E-state index in [4.69, 9.17) is 4.42 Å². The SMILES string of the molecule is CC(C)c1csc(C(=O)NC2CCCN(C(=O)c3ccco3)C2)n1. The maximum absolute atomic E-state index is 12.4. The van der Waals surface area contributed by atoms with Crippen molar-refractivity contribution < 1.29 is 14.0 Å². The quantitative estimate of drug-likeness (QED) is 0.923. The smallest absolute Gasteiger partial charge is 0.289 e. The Kier molecular flexibility index (Phi) is 4.99. The van der Waals surface area contributed by atoms with Crippen molar-refractivity contribution in [3.8, 4) is 0 Å². The Balaban J connectivity index is 1.60. The van der Waals surface area contributed by atoms with E-state index in [-0.39, 0.29) is 17.9 Å². The van der Waals surface area contributed by atoms with E-state index in [0.717, 1.165) is 18.5 Å². The van der Waals surface area contributed by atoms with Crippen LogP contribution in [0.4, 0.5) is 0 Å². The third kappa shape index (κ3) is 3.67. The van der Waals surface area contributed by atoms with E-state index < -0.39 is 0 Å². The van der Waals surface area contributed by atoms with Crippen LogP contribution in [0.3, 0.4) is 0 Å². The van der Waals surface area contributed by atoms with Crippen molar-refractivity contribution in [2.24, 2.45) is 0 Å². The maximum Gasteiger partial charge on any atom is 0.289 e. The Morgan fingerprint density at radius 3 is 2.96 bits per heavy atom. The zero-order chi connectivity index (χ0) is 17.1. The number of piperidine rings is 1. The Morgan fingerprint density at radius 1 is 1.46 bits per heavy atom. The van der Waals surface area contributed by atoms with Crippen molar-refractivity contribution in [3.05, 3.63) is 40.2 Å². The first-order chi connectivity index (χ1) is 11.5. The predicted octanol–water partition coefficient (Wildman–Crippen LogP) is 2.89. The number of thiazole rings is 1. The molecule has 1 aliphatic rings. The normalized spacial score (nSPS) is 18.0. The minimum absolute atomic E-state index is 0.0587. The Bertz CT molecular complexity index is 708. The molecule has 3 heterocycles. The number of carbonyl (C=O) groups is 2. The van der Waals surface area contributed by atoms with Crippen LogP contribution in [0.25, 0.3) is 0 Å². The van der Waals surface area contributed by atoms with Gasteiger partial charge in [-0.1, -0.05) is 13.8 Å². The van der Waals surface area contributed by atoms with Gasteiger partial charge in [-0.3, -0.25) is 9.59 Å². The molecule has 128 valence electrons. The molecule has 0 aliphatic carbocycles. The third-order valence-electron chi connectivity index (χ3n) is 4.08. The lowest BCUT2D eigenvalue weighted by molar-refractivity contribution is 0.0647. The van der Waals surface area contributed by atoms with Crippen LogP contribution in [-0.4, -0.2) is 40.8 Å². The molecule has 2 aromatic heterocycles. The summed E-state index contributed by atoms with van der Waals surface area (Å²) in [4.78, 5) is 30.8. The molecule has 2 aromatic rings. The number of hydrogen-bond acceptors (Lipinski definition) is 5. The van der Waals surface area contributed by atoms with Crippen LogP contribution in [0.15, 0.2) is 28.2 Å². The molecular weight excluding hydrogens is 326 g/mol. The lowest BCUT2D eigenvalue weighted by Gasteiger charge is -2.32. The second-order valence-electron chi connectivity index (χ2n) is 6.27. The molecule has 0 radical (unpaired) electrons.